The zero-order valence-electron chi connectivity index (χ0n) is 18.7. The molecule has 1 amide bonds. The number of carbonyl (C=O) groups excluding carboxylic acids is 1. The normalized spacial score (nSPS) is 24.1. The highest BCUT2D eigenvalue weighted by Crippen LogP contribution is 2.43. The van der Waals surface area contributed by atoms with Crippen molar-refractivity contribution in [3.63, 3.8) is 0 Å². The minimum absolute atomic E-state index is 0.0140. The van der Waals surface area contributed by atoms with E-state index in [0.29, 0.717) is 43.7 Å². The van der Waals surface area contributed by atoms with Crippen LogP contribution in [-0.4, -0.2) is 74.0 Å². The Bertz CT molecular complexity index is 1190. The summed E-state index contributed by atoms with van der Waals surface area (Å²) < 4.78 is 12.6. The maximum Gasteiger partial charge on any atom is 0.341 e. The quantitative estimate of drug-likeness (QED) is 0.564. The van der Waals surface area contributed by atoms with Crippen LogP contribution in [0.3, 0.4) is 0 Å². The second kappa shape index (κ2) is 9.07. The molecule has 34 heavy (non-hydrogen) atoms. The molecule has 0 aliphatic carbocycles. The van der Waals surface area contributed by atoms with Gasteiger partial charge in [-0.15, -0.1) is 0 Å². The Hall–Kier alpha value is -3.44. The van der Waals surface area contributed by atoms with E-state index in [0.717, 1.165) is 0 Å². The maximum absolute atomic E-state index is 13.0. The number of aromatic amines is 1. The zero-order chi connectivity index (χ0) is 24.5. The van der Waals surface area contributed by atoms with Crippen molar-refractivity contribution in [1.82, 2.24) is 14.5 Å². The largest absolute Gasteiger partial charge is 0.482 e. The van der Waals surface area contributed by atoms with Crippen molar-refractivity contribution in [2.75, 3.05) is 26.3 Å². The molecule has 0 bridgehead atoms. The van der Waals surface area contributed by atoms with E-state index in [1.54, 1.807) is 30.0 Å². The minimum atomic E-state index is -1.31. The number of aliphatic hydroxyl groups is 1. The molecule has 2 aliphatic rings. The summed E-state index contributed by atoms with van der Waals surface area (Å²) >= 11 is 0. The van der Waals surface area contributed by atoms with Gasteiger partial charge in [-0.25, -0.2) is 9.59 Å². The Labute approximate surface area is 194 Å². The summed E-state index contributed by atoms with van der Waals surface area (Å²) in [4.78, 5) is 51.5. The van der Waals surface area contributed by atoms with E-state index in [9.17, 15) is 24.3 Å². The monoisotopic (exact) mass is 473 g/mol. The van der Waals surface area contributed by atoms with Crippen LogP contribution in [0, 0.1) is 0 Å². The van der Waals surface area contributed by atoms with Gasteiger partial charge in [-0.3, -0.25) is 19.1 Å². The number of nitrogens with zero attached hydrogens (tertiary/aromatic N) is 2. The Morgan fingerprint density at radius 2 is 1.97 bits per heavy atom. The van der Waals surface area contributed by atoms with Gasteiger partial charge in [0.25, 0.3) is 11.5 Å². The number of carboxylic acid groups (broad SMARTS) is 1. The number of hydrogen-bond donors (Lipinski definition) is 3. The molecule has 0 unspecified atom stereocenters. The highest BCUT2D eigenvalue weighted by molar-refractivity contribution is 5.94. The van der Waals surface area contributed by atoms with Crippen molar-refractivity contribution < 1.29 is 29.3 Å². The molecule has 3 heterocycles. The topological polar surface area (TPSA) is 151 Å². The third-order valence-corrected chi connectivity index (χ3v) is 6.55. The number of nitrogens with one attached hydrogen (secondary N) is 1. The van der Waals surface area contributed by atoms with Gasteiger partial charge in [0.2, 0.25) is 0 Å². The molecule has 1 aromatic heterocycles. The van der Waals surface area contributed by atoms with E-state index in [1.807, 2.05) is 0 Å². The standard InChI is InChI=1S/C23H27N3O8/c1-22(32)14-34-23(12-17(22)26-8-5-18(27)24-21(26)31)6-9-25(10-7-23)20(30)15-3-2-4-16(11-15)33-13-19(28)29/h2-5,8,11,17,32H,6-7,9-10,12-14H2,1H3,(H,28,29)(H,24,27,31)/t17-,22-/m0/s1. The smallest absolute Gasteiger partial charge is 0.341 e. The Kier molecular flexibility index (Phi) is 6.32. The fraction of sp³-hybridized carbons (Fsp3) is 0.478. The number of likely N-dealkylation sites (tertiary alicyclic amines) is 1. The summed E-state index contributed by atoms with van der Waals surface area (Å²) in [5.41, 5.74) is -2.63. The van der Waals surface area contributed by atoms with Crippen LogP contribution in [0.15, 0.2) is 46.1 Å². The van der Waals surface area contributed by atoms with Crippen LogP contribution in [0.5, 0.6) is 5.75 Å². The van der Waals surface area contributed by atoms with Crippen molar-refractivity contribution in [1.29, 1.82) is 0 Å². The van der Waals surface area contributed by atoms with Gasteiger partial charge in [-0.2, -0.15) is 0 Å². The van der Waals surface area contributed by atoms with E-state index < -0.39 is 41.1 Å². The molecule has 2 aromatic rings. The molecule has 0 saturated carbocycles. The number of rotatable bonds is 5. The second-order valence-electron chi connectivity index (χ2n) is 9.07. The van der Waals surface area contributed by atoms with Gasteiger partial charge in [-0.1, -0.05) is 6.07 Å². The molecule has 2 atom stereocenters. The number of carboxylic acids is 1. The average molecular weight is 473 g/mol. The number of aromatic nitrogens is 2. The van der Waals surface area contributed by atoms with Crippen LogP contribution < -0.4 is 16.0 Å². The lowest BCUT2D eigenvalue weighted by Crippen LogP contribution is -2.58. The molecule has 2 saturated heterocycles. The van der Waals surface area contributed by atoms with Gasteiger partial charge in [0.1, 0.15) is 11.4 Å². The summed E-state index contributed by atoms with van der Waals surface area (Å²) in [6.45, 7) is 1.94. The third kappa shape index (κ3) is 4.90. The molecule has 4 rings (SSSR count). The van der Waals surface area contributed by atoms with E-state index in [4.69, 9.17) is 14.6 Å². The van der Waals surface area contributed by atoms with Gasteiger partial charge in [-0.05, 0) is 38.0 Å². The summed E-state index contributed by atoms with van der Waals surface area (Å²) in [5, 5.41) is 19.7. The summed E-state index contributed by atoms with van der Waals surface area (Å²) in [7, 11) is 0. The van der Waals surface area contributed by atoms with Crippen molar-refractivity contribution in [3.05, 3.63) is 62.9 Å². The zero-order valence-corrected chi connectivity index (χ0v) is 18.7. The van der Waals surface area contributed by atoms with Crippen LogP contribution in [0.2, 0.25) is 0 Å². The summed E-state index contributed by atoms with van der Waals surface area (Å²) in [6.07, 6.45) is 2.77. The van der Waals surface area contributed by atoms with Crippen molar-refractivity contribution in [3.8, 4) is 5.75 Å². The molecule has 11 nitrogen and oxygen atoms in total. The summed E-state index contributed by atoms with van der Waals surface area (Å²) in [6, 6.07) is 7.03. The fourth-order valence-electron chi connectivity index (χ4n) is 4.61. The van der Waals surface area contributed by atoms with E-state index in [-0.39, 0.29) is 12.5 Å². The second-order valence-corrected chi connectivity index (χ2v) is 9.07. The first kappa shape index (κ1) is 23.7. The van der Waals surface area contributed by atoms with Gasteiger partial charge in [0, 0.05) is 37.3 Å². The molecule has 182 valence electrons. The maximum atomic E-state index is 13.0. The van der Waals surface area contributed by atoms with Crippen LogP contribution in [0.4, 0.5) is 0 Å². The molecule has 0 radical (unpaired) electrons. The Morgan fingerprint density at radius 3 is 2.65 bits per heavy atom. The molecule has 2 fully saturated rings. The Balaban J connectivity index is 1.46. The van der Waals surface area contributed by atoms with Gasteiger partial charge >= 0.3 is 11.7 Å². The molecule has 1 spiro atoms. The van der Waals surface area contributed by atoms with Gasteiger partial charge in [0.15, 0.2) is 6.61 Å². The first-order valence-electron chi connectivity index (χ1n) is 11.0. The van der Waals surface area contributed by atoms with E-state index in [2.05, 4.69) is 4.98 Å². The number of ether oxygens (including phenoxy) is 2. The number of hydrogen-bond acceptors (Lipinski definition) is 7. The van der Waals surface area contributed by atoms with Crippen molar-refractivity contribution >= 4 is 11.9 Å². The van der Waals surface area contributed by atoms with Gasteiger partial charge < -0.3 is 24.6 Å². The van der Waals surface area contributed by atoms with Crippen LogP contribution in [0.25, 0.3) is 0 Å². The number of aliphatic carboxylic acids is 1. The average Bonchev–Trinajstić information content (AvgIpc) is 2.80. The highest BCUT2D eigenvalue weighted by Gasteiger charge is 2.49. The van der Waals surface area contributed by atoms with Crippen LogP contribution in [-0.2, 0) is 9.53 Å². The molecule has 3 N–H and O–H groups in total. The van der Waals surface area contributed by atoms with E-state index >= 15 is 0 Å². The summed E-state index contributed by atoms with van der Waals surface area (Å²) in [5.74, 6) is -1.01. The predicted molar refractivity (Wildman–Crippen MR) is 119 cm³/mol. The molecular formula is C23H27N3O8. The molecule has 2 aliphatic heterocycles. The molecule has 1 aromatic carbocycles. The lowest BCUT2D eigenvalue weighted by atomic mass is 9.77. The van der Waals surface area contributed by atoms with Crippen molar-refractivity contribution in [2.24, 2.45) is 0 Å². The number of H-pyrrole nitrogens is 1. The van der Waals surface area contributed by atoms with Gasteiger partial charge in [0.05, 0.1) is 18.2 Å². The Morgan fingerprint density at radius 1 is 1.24 bits per heavy atom. The highest BCUT2D eigenvalue weighted by atomic mass is 16.5. The van der Waals surface area contributed by atoms with Crippen molar-refractivity contribution in [2.45, 2.75) is 43.4 Å². The lowest BCUT2D eigenvalue weighted by Gasteiger charge is -2.51. The first-order valence-corrected chi connectivity index (χ1v) is 11.0. The van der Waals surface area contributed by atoms with E-state index in [1.165, 1.54) is 22.9 Å². The third-order valence-electron chi connectivity index (χ3n) is 6.55. The lowest BCUT2D eigenvalue weighted by molar-refractivity contribution is -0.199. The number of carbonyl (C=O) groups is 2. The number of benzene rings is 1. The first-order chi connectivity index (χ1) is 16.1. The minimum Gasteiger partial charge on any atom is -0.482 e. The SMILES string of the molecule is C[C@]1(O)COC2(CCN(C(=O)c3cccc(OCC(=O)O)c3)CC2)C[C@@H]1n1ccc(=O)[nH]c1=O. The predicted octanol–water partition coefficient (Wildman–Crippen LogP) is 0.387. The van der Waals surface area contributed by atoms with Crippen LogP contribution in [0.1, 0.15) is 42.6 Å². The molecular weight excluding hydrogens is 446 g/mol. The number of piperidine rings is 1. The fourth-order valence-corrected chi connectivity index (χ4v) is 4.61. The van der Waals surface area contributed by atoms with Crippen LogP contribution >= 0.6 is 0 Å². The molecule has 11 heteroatoms. The number of amides is 1.